The molecule has 106 valence electrons. The minimum Gasteiger partial charge on any atom is -0.496 e. The number of halogens is 1. The van der Waals surface area contributed by atoms with Crippen LogP contribution in [-0.4, -0.2) is 14.2 Å². The largest absolute Gasteiger partial charge is 0.496 e. The van der Waals surface area contributed by atoms with E-state index in [1.165, 1.54) is 6.07 Å². The van der Waals surface area contributed by atoms with E-state index in [0.29, 0.717) is 5.92 Å². The molecule has 0 radical (unpaired) electrons. The van der Waals surface area contributed by atoms with Crippen LogP contribution in [0.2, 0.25) is 0 Å². The van der Waals surface area contributed by atoms with Crippen LogP contribution < -0.4 is 10.1 Å². The molecule has 2 rings (SSSR count). The van der Waals surface area contributed by atoms with Crippen LogP contribution in [0.25, 0.3) is 0 Å². The van der Waals surface area contributed by atoms with Gasteiger partial charge in [0.15, 0.2) is 0 Å². The molecular formula is C16H24FNO. The molecule has 1 saturated carbocycles. The third-order valence-corrected chi connectivity index (χ3v) is 5.30. The van der Waals surface area contributed by atoms with E-state index in [2.05, 4.69) is 33.0 Å². The first-order valence-corrected chi connectivity index (χ1v) is 6.78. The molecule has 0 spiro atoms. The van der Waals surface area contributed by atoms with E-state index < -0.39 is 0 Å². The summed E-state index contributed by atoms with van der Waals surface area (Å²) in [6.45, 7) is 9.09. The number of nitrogens with one attached hydrogen (secondary N) is 1. The molecule has 0 bridgehead atoms. The molecule has 1 unspecified atom stereocenters. The average molecular weight is 265 g/mol. The summed E-state index contributed by atoms with van der Waals surface area (Å²) in [5.41, 5.74) is 1.38. The Labute approximate surface area is 115 Å². The number of rotatable bonds is 4. The van der Waals surface area contributed by atoms with Crippen LogP contribution in [0, 0.1) is 22.6 Å². The van der Waals surface area contributed by atoms with Gasteiger partial charge in [-0.15, -0.1) is 0 Å². The minimum absolute atomic E-state index is 0.107. The van der Waals surface area contributed by atoms with E-state index in [1.807, 2.05) is 7.05 Å². The monoisotopic (exact) mass is 265 g/mol. The molecule has 1 fully saturated rings. The van der Waals surface area contributed by atoms with Crippen LogP contribution in [0.15, 0.2) is 18.2 Å². The standard InChI is InChI=1S/C16H24FNO/c1-15(2)14(16(15,3)4)13(18-5)11-9-10(17)7-8-12(11)19-6/h7-9,13-14,18H,1-6H3. The summed E-state index contributed by atoms with van der Waals surface area (Å²) >= 11 is 0. The maximum absolute atomic E-state index is 13.6. The summed E-state index contributed by atoms with van der Waals surface area (Å²) < 4.78 is 19.0. The van der Waals surface area contributed by atoms with Crippen molar-refractivity contribution in [2.45, 2.75) is 33.7 Å². The second-order valence-electron chi connectivity index (χ2n) is 6.57. The van der Waals surface area contributed by atoms with Crippen molar-refractivity contribution >= 4 is 0 Å². The smallest absolute Gasteiger partial charge is 0.123 e. The van der Waals surface area contributed by atoms with Crippen molar-refractivity contribution < 1.29 is 9.13 Å². The number of benzene rings is 1. The summed E-state index contributed by atoms with van der Waals surface area (Å²) in [6.07, 6.45) is 0. The highest BCUT2D eigenvalue weighted by molar-refractivity contribution is 5.39. The average Bonchev–Trinajstić information content (AvgIpc) is 2.73. The molecule has 0 saturated heterocycles. The van der Waals surface area contributed by atoms with E-state index in [1.54, 1.807) is 19.2 Å². The van der Waals surface area contributed by atoms with Gasteiger partial charge in [0.05, 0.1) is 7.11 Å². The van der Waals surface area contributed by atoms with E-state index in [-0.39, 0.29) is 22.7 Å². The maximum atomic E-state index is 13.6. The number of hydrogen-bond acceptors (Lipinski definition) is 2. The van der Waals surface area contributed by atoms with Crippen molar-refractivity contribution in [3.8, 4) is 5.75 Å². The Balaban J connectivity index is 2.42. The lowest BCUT2D eigenvalue weighted by Gasteiger charge is -2.21. The topological polar surface area (TPSA) is 21.3 Å². The molecule has 1 aromatic rings. The maximum Gasteiger partial charge on any atom is 0.123 e. The Morgan fingerprint density at radius 1 is 1.21 bits per heavy atom. The number of ether oxygens (including phenoxy) is 1. The van der Waals surface area contributed by atoms with E-state index in [0.717, 1.165) is 11.3 Å². The molecule has 0 aromatic heterocycles. The van der Waals surface area contributed by atoms with Crippen molar-refractivity contribution in [1.82, 2.24) is 5.32 Å². The Bertz CT molecular complexity index is 468. The SMILES string of the molecule is CNC(c1cc(F)ccc1OC)C1C(C)(C)C1(C)C. The highest BCUT2D eigenvalue weighted by atomic mass is 19.1. The van der Waals surface area contributed by atoms with Gasteiger partial charge >= 0.3 is 0 Å². The van der Waals surface area contributed by atoms with Gasteiger partial charge in [0, 0.05) is 11.6 Å². The number of methoxy groups -OCH3 is 1. The zero-order valence-corrected chi connectivity index (χ0v) is 12.7. The highest BCUT2D eigenvalue weighted by Gasteiger charge is 2.67. The predicted molar refractivity (Wildman–Crippen MR) is 75.8 cm³/mol. The summed E-state index contributed by atoms with van der Waals surface area (Å²) in [5.74, 6) is 0.993. The fourth-order valence-corrected chi connectivity index (χ4v) is 3.53. The first-order chi connectivity index (χ1) is 8.77. The Morgan fingerprint density at radius 2 is 1.79 bits per heavy atom. The van der Waals surface area contributed by atoms with Crippen molar-refractivity contribution in [2.75, 3.05) is 14.2 Å². The van der Waals surface area contributed by atoms with Gasteiger partial charge in [-0.25, -0.2) is 4.39 Å². The second-order valence-corrected chi connectivity index (χ2v) is 6.57. The molecule has 2 nitrogen and oxygen atoms in total. The first kappa shape index (κ1) is 14.3. The van der Waals surface area contributed by atoms with Gasteiger partial charge in [-0.05, 0) is 42.0 Å². The highest BCUT2D eigenvalue weighted by Crippen LogP contribution is 2.72. The molecule has 0 heterocycles. The fraction of sp³-hybridized carbons (Fsp3) is 0.625. The molecule has 1 aromatic carbocycles. The summed E-state index contributed by atoms with van der Waals surface area (Å²) in [6, 6.07) is 4.84. The molecule has 1 N–H and O–H groups in total. The molecule has 3 heteroatoms. The van der Waals surface area contributed by atoms with Gasteiger partial charge < -0.3 is 10.1 Å². The predicted octanol–water partition coefficient (Wildman–Crippen LogP) is 3.78. The van der Waals surface area contributed by atoms with Gasteiger partial charge in [-0.1, -0.05) is 27.7 Å². The molecule has 1 aliphatic rings. The Kier molecular flexibility index (Phi) is 3.38. The lowest BCUT2D eigenvalue weighted by molar-refractivity contribution is 0.379. The van der Waals surface area contributed by atoms with Crippen LogP contribution in [0.3, 0.4) is 0 Å². The second kappa shape index (κ2) is 4.48. The van der Waals surface area contributed by atoms with Crippen molar-refractivity contribution in [3.63, 3.8) is 0 Å². The van der Waals surface area contributed by atoms with Crippen molar-refractivity contribution in [1.29, 1.82) is 0 Å². The fourth-order valence-electron chi connectivity index (χ4n) is 3.53. The van der Waals surface area contributed by atoms with Gasteiger partial charge in [0.25, 0.3) is 0 Å². The van der Waals surface area contributed by atoms with E-state index in [9.17, 15) is 4.39 Å². The quantitative estimate of drug-likeness (QED) is 0.894. The van der Waals surface area contributed by atoms with Crippen LogP contribution >= 0.6 is 0 Å². The zero-order chi connectivity index (χ0) is 14.4. The first-order valence-electron chi connectivity index (χ1n) is 6.78. The zero-order valence-electron chi connectivity index (χ0n) is 12.7. The number of hydrogen-bond donors (Lipinski definition) is 1. The van der Waals surface area contributed by atoms with Gasteiger partial charge in [-0.3, -0.25) is 0 Å². The van der Waals surface area contributed by atoms with Gasteiger partial charge in [-0.2, -0.15) is 0 Å². The molecular weight excluding hydrogens is 241 g/mol. The molecule has 0 amide bonds. The normalized spacial score (nSPS) is 22.1. The minimum atomic E-state index is -0.215. The molecule has 1 atom stereocenters. The van der Waals surface area contributed by atoms with Crippen LogP contribution in [-0.2, 0) is 0 Å². The third-order valence-electron chi connectivity index (χ3n) is 5.30. The van der Waals surface area contributed by atoms with E-state index in [4.69, 9.17) is 4.74 Å². The van der Waals surface area contributed by atoms with Crippen LogP contribution in [0.5, 0.6) is 5.75 Å². The molecule has 1 aliphatic carbocycles. The van der Waals surface area contributed by atoms with Crippen LogP contribution in [0.1, 0.15) is 39.3 Å². The lowest BCUT2D eigenvalue weighted by atomic mass is 9.95. The van der Waals surface area contributed by atoms with E-state index >= 15 is 0 Å². The van der Waals surface area contributed by atoms with Gasteiger partial charge in [0.1, 0.15) is 11.6 Å². The molecule has 19 heavy (non-hydrogen) atoms. The lowest BCUT2D eigenvalue weighted by Crippen LogP contribution is -2.22. The van der Waals surface area contributed by atoms with Gasteiger partial charge in [0.2, 0.25) is 0 Å². The van der Waals surface area contributed by atoms with Crippen molar-refractivity contribution in [3.05, 3.63) is 29.6 Å². The Hall–Kier alpha value is -1.09. The van der Waals surface area contributed by atoms with Crippen LogP contribution in [0.4, 0.5) is 4.39 Å². The third kappa shape index (κ3) is 2.04. The Morgan fingerprint density at radius 3 is 2.21 bits per heavy atom. The summed E-state index contributed by atoms with van der Waals surface area (Å²) in [7, 11) is 3.56. The van der Waals surface area contributed by atoms with Crippen molar-refractivity contribution in [2.24, 2.45) is 16.7 Å². The summed E-state index contributed by atoms with van der Waals surface area (Å²) in [4.78, 5) is 0. The molecule has 0 aliphatic heterocycles. The summed E-state index contributed by atoms with van der Waals surface area (Å²) in [5, 5.41) is 3.35.